The largest absolute Gasteiger partial charge is 0.479 e. The molecule has 0 amide bonds. The van der Waals surface area contributed by atoms with Gasteiger partial charge in [0.25, 0.3) is 5.88 Å². The summed E-state index contributed by atoms with van der Waals surface area (Å²) in [6, 6.07) is 0. The van der Waals surface area contributed by atoms with E-state index in [-0.39, 0.29) is 23.1 Å². The maximum Gasteiger partial charge on any atom is 0.250 e. The molecular weight excluding hydrogens is 289 g/mol. The number of halogens is 2. The van der Waals surface area contributed by atoms with E-state index < -0.39 is 5.82 Å². The van der Waals surface area contributed by atoms with Gasteiger partial charge in [-0.25, -0.2) is 9.37 Å². The fourth-order valence-corrected chi connectivity index (χ4v) is 2.68. The summed E-state index contributed by atoms with van der Waals surface area (Å²) in [6.07, 6.45) is 5.17. The van der Waals surface area contributed by atoms with Gasteiger partial charge in [0.2, 0.25) is 0 Å². The standard InChI is InChI=1S/C12H13BrFNO2/c1-17-12-10(14)9(8(13)6-15-12)11(16)7-4-2-3-5-7/h6-7H,2-5H2,1H3. The first-order valence-electron chi connectivity index (χ1n) is 5.57. The van der Waals surface area contributed by atoms with Crippen molar-refractivity contribution in [2.24, 2.45) is 5.92 Å². The number of pyridine rings is 1. The first-order valence-corrected chi connectivity index (χ1v) is 6.36. The molecule has 1 aliphatic carbocycles. The Kier molecular flexibility index (Phi) is 3.76. The Labute approximate surface area is 108 Å². The molecule has 0 N–H and O–H groups in total. The Morgan fingerprint density at radius 2 is 2.18 bits per heavy atom. The second-order valence-corrected chi connectivity index (χ2v) is 5.00. The third kappa shape index (κ3) is 2.34. The van der Waals surface area contributed by atoms with Gasteiger partial charge in [0.15, 0.2) is 11.6 Å². The van der Waals surface area contributed by atoms with E-state index in [0.717, 1.165) is 25.7 Å². The summed E-state index contributed by atoms with van der Waals surface area (Å²) in [5.41, 5.74) is 0.0729. The minimum absolute atomic E-state index is 0.0621. The molecule has 0 bridgehead atoms. The Hall–Kier alpha value is -0.970. The van der Waals surface area contributed by atoms with Crippen LogP contribution in [0.15, 0.2) is 10.7 Å². The van der Waals surface area contributed by atoms with E-state index in [4.69, 9.17) is 4.74 Å². The fraction of sp³-hybridized carbons (Fsp3) is 0.500. The van der Waals surface area contributed by atoms with Crippen LogP contribution in [0.2, 0.25) is 0 Å². The van der Waals surface area contributed by atoms with Crippen LogP contribution in [0.25, 0.3) is 0 Å². The van der Waals surface area contributed by atoms with Gasteiger partial charge in [-0.15, -0.1) is 0 Å². The first-order chi connectivity index (χ1) is 8.15. The maximum absolute atomic E-state index is 14.0. The number of Topliss-reactive ketones (excluding diaryl/α,β-unsaturated/α-hetero) is 1. The average Bonchev–Trinajstić information content (AvgIpc) is 2.82. The van der Waals surface area contributed by atoms with E-state index in [1.807, 2.05) is 0 Å². The molecule has 1 aliphatic rings. The van der Waals surface area contributed by atoms with Crippen LogP contribution in [0.1, 0.15) is 36.0 Å². The predicted octanol–water partition coefficient (Wildman–Crippen LogP) is 3.36. The Morgan fingerprint density at radius 3 is 2.76 bits per heavy atom. The summed E-state index contributed by atoms with van der Waals surface area (Å²) < 4.78 is 19.2. The molecule has 0 aromatic carbocycles. The molecule has 1 heterocycles. The Balaban J connectivity index is 2.39. The normalized spacial score (nSPS) is 16.2. The summed E-state index contributed by atoms with van der Waals surface area (Å²) in [4.78, 5) is 16.0. The molecular formula is C12H13BrFNO2. The van der Waals surface area contributed by atoms with E-state index in [1.54, 1.807) is 0 Å². The third-order valence-corrected chi connectivity index (χ3v) is 3.71. The molecule has 1 aromatic rings. The van der Waals surface area contributed by atoms with Crippen molar-refractivity contribution in [3.63, 3.8) is 0 Å². The maximum atomic E-state index is 14.0. The third-order valence-electron chi connectivity index (χ3n) is 3.11. The van der Waals surface area contributed by atoms with Crippen molar-refractivity contribution in [1.82, 2.24) is 4.98 Å². The van der Waals surface area contributed by atoms with E-state index in [2.05, 4.69) is 20.9 Å². The van der Waals surface area contributed by atoms with Gasteiger partial charge in [0, 0.05) is 16.6 Å². The molecule has 0 spiro atoms. The topological polar surface area (TPSA) is 39.2 Å². The van der Waals surface area contributed by atoms with Gasteiger partial charge in [0.1, 0.15) is 0 Å². The molecule has 2 rings (SSSR count). The van der Waals surface area contributed by atoms with Crippen molar-refractivity contribution in [1.29, 1.82) is 0 Å². The molecule has 1 aromatic heterocycles. The zero-order valence-corrected chi connectivity index (χ0v) is 11.1. The van der Waals surface area contributed by atoms with Gasteiger partial charge in [0.05, 0.1) is 12.7 Å². The number of aromatic nitrogens is 1. The van der Waals surface area contributed by atoms with E-state index >= 15 is 0 Å². The first kappa shape index (κ1) is 12.5. The molecule has 92 valence electrons. The van der Waals surface area contributed by atoms with E-state index in [0.29, 0.717) is 4.47 Å². The Morgan fingerprint density at radius 1 is 1.53 bits per heavy atom. The predicted molar refractivity (Wildman–Crippen MR) is 64.7 cm³/mol. The number of ketones is 1. The van der Waals surface area contributed by atoms with Gasteiger partial charge in [-0.1, -0.05) is 12.8 Å². The lowest BCUT2D eigenvalue weighted by Crippen LogP contribution is -2.14. The van der Waals surface area contributed by atoms with Crippen LogP contribution in [-0.2, 0) is 0 Å². The van der Waals surface area contributed by atoms with Crippen LogP contribution >= 0.6 is 15.9 Å². The molecule has 5 heteroatoms. The van der Waals surface area contributed by atoms with Crippen molar-refractivity contribution in [3.8, 4) is 5.88 Å². The number of carbonyl (C=O) groups excluding carboxylic acids is 1. The van der Waals surface area contributed by atoms with Crippen molar-refractivity contribution >= 4 is 21.7 Å². The molecule has 0 radical (unpaired) electrons. The zero-order valence-electron chi connectivity index (χ0n) is 9.50. The van der Waals surface area contributed by atoms with Gasteiger partial charge in [-0.3, -0.25) is 4.79 Å². The highest BCUT2D eigenvalue weighted by Crippen LogP contribution is 2.33. The molecule has 1 saturated carbocycles. The van der Waals surface area contributed by atoms with Crippen molar-refractivity contribution < 1.29 is 13.9 Å². The van der Waals surface area contributed by atoms with Crippen molar-refractivity contribution in [2.75, 3.05) is 7.11 Å². The molecule has 0 atom stereocenters. The molecule has 0 saturated heterocycles. The van der Waals surface area contributed by atoms with E-state index in [1.165, 1.54) is 13.3 Å². The number of nitrogens with zero attached hydrogens (tertiary/aromatic N) is 1. The second kappa shape index (κ2) is 5.12. The number of hydrogen-bond acceptors (Lipinski definition) is 3. The van der Waals surface area contributed by atoms with Gasteiger partial charge in [-0.2, -0.15) is 0 Å². The number of ether oxygens (including phenoxy) is 1. The summed E-state index contributed by atoms with van der Waals surface area (Å²) >= 11 is 3.18. The highest BCUT2D eigenvalue weighted by atomic mass is 79.9. The lowest BCUT2D eigenvalue weighted by molar-refractivity contribution is 0.0916. The Bertz CT molecular complexity index is 444. The van der Waals surface area contributed by atoms with Crippen LogP contribution in [0, 0.1) is 11.7 Å². The quantitative estimate of drug-likeness (QED) is 0.804. The van der Waals surface area contributed by atoms with Crippen LogP contribution in [-0.4, -0.2) is 17.9 Å². The lowest BCUT2D eigenvalue weighted by Gasteiger charge is -2.11. The van der Waals surface area contributed by atoms with Gasteiger partial charge in [-0.05, 0) is 28.8 Å². The highest BCUT2D eigenvalue weighted by Gasteiger charge is 2.29. The van der Waals surface area contributed by atoms with Crippen LogP contribution in [0.3, 0.4) is 0 Å². The summed E-state index contributed by atoms with van der Waals surface area (Å²) in [5.74, 6) is -1.01. The number of hydrogen-bond donors (Lipinski definition) is 0. The summed E-state index contributed by atoms with van der Waals surface area (Å²) in [5, 5.41) is 0. The lowest BCUT2D eigenvalue weighted by atomic mass is 9.96. The molecule has 17 heavy (non-hydrogen) atoms. The minimum Gasteiger partial charge on any atom is -0.479 e. The molecule has 0 unspecified atom stereocenters. The van der Waals surface area contributed by atoms with Crippen molar-refractivity contribution in [3.05, 3.63) is 22.1 Å². The second-order valence-electron chi connectivity index (χ2n) is 4.15. The van der Waals surface area contributed by atoms with Crippen LogP contribution < -0.4 is 4.74 Å². The van der Waals surface area contributed by atoms with Crippen LogP contribution in [0.5, 0.6) is 5.88 Å². The monoisotopic (exact) mass is 301 g/mol. The summed E-state index contributed by atoms with van der Waals surface area (Å²) in [7, 11) is 1.34. The number of rotatable bonds is 3. The smallest absolute Gasteiger partial charge is 0.250 e. The number of methoxy groups -OCH3 is 1. The average molecular weight is 302 g/mol. The van der Waals surface area contributed by atoms with Crippen LogP contribution in [0.4, 0.5) is 4.39 Å². The zero-order chi connectivity index (χ0) is 12.4. The van der Waals surface area contributed by atoms with Gasteiger partial charge >= 0.3 is 0 Å². The highest BCUT2D eigenvalue weighted by molar-refractivity contribution is 9.10. The molecule has 0 aliphatic heterocycles. The summed E-state index contributed by atoms with van der Waals surface area (Å²) in [6.45, 7) is 0. The van der Waals surface area contributed by atoms with Gasteiger partial charge < -0.3 is 4.74 Å². The fourth-order valence-electron chi connectivity index (χ4n) is 2.21. The molecule has 3 nitrogen and oxygen atoms in total. The molecule has 1 fully saturated rings. The number of carbonyl (C=O) groups is 1. The van der Waals surface area contributed by atoms with Crippen molar-refractivity contribution in [2.45, 2.75) is 25.7 Å². The minimum atomic E-state index is -0.668. The van der Waals surface area contributed by atoms with E-state index in [9.17, 15) is 9.18 Å². The SMILES string of the molecule is COc1ncc(Br)c(C(=O)C2CCCC2)c1F.